The zero-order valence-corrected chi connectivity index (χ0v) is 20.6. The van der Waals surface area contributed by atoms with Gasteiger partial charge in [0.05, 0.1) is 29.9 Å². The number of hydrogen-bond donors (Lipinski definition) is 0. The lowest BCUT2D eigenvalue weighted by molar-refractivity contribution is -0.401. The maximum absolute atomic E-state index is 4.53. The minimum atomic E-state index is -0.0239. The Bertz CT molecular complexity index is 1310. The molecule has 0 spiro atoms. The summed E-state index contributed by atoms with van der Waals surface area (Å²) in [6.45, 7) is 6.04. The summed E-state index contributed by atoms with van der Waals surface area (Å²) >= 11 is 0. The zero-order valence-electron chi connectivity index (χ0n) is 20.6. The number of anilines is 1. The second kappa shape index (κ2) is 9.67. The Morgan fingerprint density at radius 1 is 0.743 bits per heavy atom. The highest BCUT2D eigenvalue weighted by molar-refractivity contribution is 6.05. The molecule has 35 heavy (non-hydrogen) atoms. The van der Waals surface area contributed by atoms with Crippen molar-refractivity contribution < 1.29 is 4.58 Å². The van der Waals surface area contributed by atoms with Crippen LogP contribution in [0.15, 0.2) is 103 Å². The van der Waals surface area contributed by atoms with E-state index in [4.69, 9.17) is 0 Å². The molecule has 2 aromatic heterocycles. The van der Waals surface area contributed by atoms with Crippen LogP contribution in [0.5, 0.6) is 0 Å². The molecule has 0 atom stereocenters. The highest BCUT2D eigenvalue weighted by Crippen LogP contribution is 2.39. The average molecular weight is 460 g/mol. The minimum absolute atomic E-state index is 0.0239. The predicted octanol–water partition coefficient (Wildman–Crippen LogP) is 6.40. The van der Waals surface area contributed by atoms with Crippen LogP contribution in [0.1, 0.15) is 36.4 Å². The summed E-state index contributed by atoms with van der Waals surface area (Å²) in [6.07, 6.45) is 8.17. The summed E-state index contributed by atoms with van der Waals surface area (Å²) < 4.78 is 2.31. The van der Waals surface area contributed by atoms with Crippen LogP contribution in [0.2, 0.25) is 0 Å². The van der Waals surface area contributed by atoms with E-state index in [9.17, 15) is 0 Å². The Hall–Kier alpha value is -4.05. The smallest absolute Gasteiger partial charge is 0.209 e. The van der Waals surface area contributed by atoms with Gasteiger partial charge < -0.3 is 4.90 Å². The molecule has 0 unspecified atom stereocenters. The number of para-hydroxylation sites is 1. The lowest BCUT2D eigenvalue weighted by Crippen LogP contribution is -2.26. The van der Waals surface area contributed by atoms with E-state index in [1.807, 2.05) is 36.7 Å². The van der Waals surface area contributed by atoms with Crippen LogP contribution in [0.3, 0.4) is 0 Å². The summed E-state index contributed by atoms with van der Waals surface area (Å²) in [5.41, 5.74) is 8.34. The van der Waals surface area contributed by atoms with Crippen molar-refractivity contribution in [2.45, 2.75) is 32.4 Å². The van der Waals surface area contributed by atoms with Crippen molar-refractivity contribution in [3.05, 3.63) is 126 Å². The fourth-order valence-electron chi connectivity index (χ4n) is 4.89. The van der Waals surface area contributed by atoms with Crippen molar-refractivity contribution in [3.63, 3.8) is 0 Å². The van der Waals surface area contributed by atoms with E-state index in [1.54, 1.807) is 0 Å². The van der Waals surface area contributed by atoms with Crippen LogP contribution in [-0.2, 0) is 18.5 Å². The van der Waals surface area contributed by atoms with Crippen LogP contribution in [0.4, 0.5) is 11.4 Å². The number of rotatable bonds is 7. The predicted molar refractivity (Wildman–Crippen MR) is 144 cm³/mol. The number of aromatic nitrogens is 2. The van der Waals surface area contributed by atoms with Crippen molar-refractivity contribution in [1.29, 1.82) is 0 Å². The molecule has 4 nitrogen and oxygen atoms in total. The Labute approximate surface area is 207 Å². The first kappa shape index (κ1) is 22.7. The molecule has 0 amide bonds. The molecule has 5 rings (SSSR count). The third-order valence-corrected chi connectivity index (χ3v) is 6.79. The van der Waals surface area contributed by atoms with Gasteiger partial charge in [-0.2, -0.15) is 4.58 Å². The van der Waals surface area contributed by atoms with Gasteiger partial charge in [0, 0.05) is 35.8 Å². The minimum Gasteiger partial charge on any atom is -0.360 e. The van der Waals surface area contributed by atoms with Crippen LogP contribution < -0.4 is 4.90 Å². The van der Waals surface area contributed by atoms with Gasteiger partial charge in [-0.25, -0.2) is 0 Å². The van der Waals surface area contributed by atoms with E-state index in [0.717, 1.165) is 30.2 Å². The van der Waals surface area contributed by atoms with Gasteiger partial charge >= 0.3 is 0 Å². The fourth-order valence-corrected chi connectivity index (χ4v) is 4.89. The molecule has 0 aliphatic carbocycles. The standard InChI is InChI=1S/C31H31N4/c1-31(2)28-12-4-5-13-29(28)34(3)30(31)19-16-24-14-17-27(18-15-24)35(22-25-10-6-8-20-32-25)23-26-11-7-9-21-33-26/h4-21H,22-23H2,1-3H3/q+1. The first-order valence-electron chi connectivity index (χ1n) is 12.1. The third-order valence-electron chi connectivity index (χ3n) is 6.79. The van der Waals surface area contributed by atoms with Gasteiger partial charge in [-0.3, -0.25) is 9.97 Å². The summed E-state index contributed by atoms with van der Waals surface area (Å²) in [5, 5.41) is 0. The quantitative estimate of drug-likeness (QED) is 0.300. The molecule has 174 valence electrons. The maximum Gasteiger partial charge on any atom is 0.209 e. The molecule has 4 heteroatoms. The molecule has 1 aliphatic rings. The molecule has 0 saturated carbocycles. The van der Waals surface area contributed by atoms with Crippen molar-refractivity contribution >= 4 is 23.2 Å². The average Bonchev–Trinajstić information content (AvgIpc) is 3.09. The molecule has 0 radical (unpaired) electrons. The molecular weight excluding hydrogens is 428 g/mol. The van der Waals surface area contributed by atoms with E-state index in [2.05, 4.69) is 113 Å². The normalized spacial score (nSPS) is 14.4. The molecule has 0 N–H and O–H groups in total. The van der Waals surface area contributed by atoms with Crippen molar-refractivity contribution in [2.75, 3.05) is 11.9 Å². The molecule has 0 fully saturated rings. The third kappa shape index (κ3) is 4.78. The van der Waals surface area contributed by atoms with E-state index in [0.29, 0.717) is 0 Å². The van der Waals surface area contributed by atoms with Crippen molar-refractivity contribution in [3.8, 4) is 0 Å². The number of hydrogen-bond acceptors (Lipinski definition) is 3. The second-order valence-corrected chi connectivity index (χ2v) is 9.51. The first-order chi connectivity index (χ1) is 17.0. The SMILES string of the molecule is C[N+]1=C(/C=C/c2ccc(N(Cc3ccccn3)Cc3ccccn3)cc2)C(C)(C)c2ccccc21. The number of fused-ring (bicyclic) bond motifs is 1. The Balaban J connectivity index is 1.38. The maximum atomic E-state index is 4.53. The van der Waals surface area contributed by atoms with Gasteiger partial charge in [-0.05, 0) is 61.9 Å². The molecule has 0 saturated heterocycles. The summed E-state index contributed by atoms with van der Waals surface area (Å²) in [4.78, 5) is 11.4. The second-order valence-electron chi connectivity index (χ2n) is 9.51. The van der Waals surface area contributed by atoms with Gasteiger partial charge in [0.1, 0.15) is 7.05 Å². The van der Waals surface area contributed by atoms with E-state index in [-0.39, 0.29) is 5.41 Å². The molecule has 3 heterocycles. The van der Waals surface area contributed by atoms with Gasteiger partial charge in [0.2, 0.25) is 5.69 Å². The van der Waals surface area contributed by atoms with Crippen molar-refractivity contribution in [1.82, 2.24) is 9.97 Å². The molecule has 0 bridgehead atoms. The monoisotopic (exact) mass is 459 g/mol. The van der Waals surface area contributed by atoms with Crippen molar-refractivity contribution in [2.24, 2.45) is 0 Å². The van der Waals surface area contributed by atoms with Crippen LogP contribution in [-0.4, -0.2) is 27.3 Å². The highest BCUT2D eigenvalue weighted by Gasteiger charge is 2.42. The van der Waals surface area contributed by atoms with E-state index >= 15 is 0 Å². The van der Waals surface area contributed by atoms with Gasteiger partial charge in [0.25, 0.3) is 0 Å². The Morgan fingerprint density at radius 3 is 1.91 bits per heavy atom. The van der Waals surface area contributed by atoms with Gasteiger partial charge in [0.15, 0.2) is 5.71 Å². The van der Waals surface area contributed by atoms with Crippen LogP contribution >= 0.6 is 0 Å². The number of pyridine rings is 2. The molecular formula is C31H31N4+. The van der Waals surface area contributed by atoms with E-state index < -0.39 is 0 Å². The van der Waals surface area contributed by atoms with Crippen LogP contribution in [0.25, 0.3) is 6.08 Å². The largest absolute Gasteiger partial charge is 0.360 e. The molecule has 1 aliphatic heterocycles. The summed E-state index contributed by atoms with van der Waals surface area (Å²) in [6, 6.07) is 29.5. The highest BCUT2D eigenvalue weighted by atomic mass is 15.1. The first-order valence-corrected chi connectivity index (χ1v) is 12.1. The van der Waals surface area contributed by atoms with Gasteiger partial charge in [-0.1, -0.05) is 42.5 Å². The van der Waals surface area contributed by atoms with E-state index in [1.165, 1.54) is 22.5 Å². The zero-order chi connectivity index (χ0) is 24.3. The van der Waals surface area contributed by atoms with Gasteiger partial charge in [-0.15, -0.1) is 0 Å². The molecule has 2 aromatic carbocycles. The summed E-state index contributed by atoms with van der Waals surface area (Å²) in [7, 11) is 2.16. The number of nitrogens with zero attached hydrogens (tertiary/aromatic N) is 4. The lowest BCUT2D eigenvalue weighted by atomic mass is 9.81. The fraction of sp³-hybridized carbons (Fsp3) is 0.194. The Kier molecular flexibility index (Phi) is 6.28. The number of allylic oxidation sites excluding steroid dienone is 1. The lowest BCUT2D eigenvalue weighted by Gasteiger charge is -2.24. The number of benzene rings is 2. The topological polar surface area (TPSA) is 32.0 Å². The summed E-state index contributed by atoms with van der Waals surface area (Å²) in [5.74, 6) is 0. The molecule has 4 aromatic rings. The Morgan fingerprint density at radius 2 is 1.34 bits per heavy atom. The van der Waals surface area contributed by atoms with Crippen LogP contribution in [0, 0.1) is 0 Å².